The molecule has 2 amide bonds. The van der Waals surface area contributed by atoms with E-state index in [2.05, 4.69) is 40.2 Å². The van der Waals surface area contributed by atoms with Crippen molar-refractivity contribution in [3.8, 4) is 0 Å². The van der Waals surface area contributed by atoms with Crippen molar-refractivity contribution < 1.29 is 9.59 Å². The predicted molar refractivity (Wildman–Crippen MR) is 110 cm³/mol. The van der Waals surface area contributed by atoms with Gasteiger partial charge in [0, 0.05) is 16.3 Å². The van der Waals surface area contributed by atoms with Gasteiger partial charge < -0.3 is 0 Å². The summed E-state index contributed by atoms with van der Waals surface area (Å²) < 4.78 is 0.924. The van der Waals surface area contributed by atoms with Gasteiger partial charge in [0.25, 0.3) is 0 Å². The second kappa shape index (κ2) is 5.65. The molecule has 7 rings (SSSR count). The predicted octanol–water partition coefficient (Wildman–Crippen LogP) is 4.85. The van der Waals surface area contributed by atoms with Crippen LogP contribution in [0.5, 0.6) is 0 Å². The Labute approximate surface area is 171 Å². The molecule has 1 heterocycles. The maximum absolute atomic E-state index is 13.5. The largest absolute Gasteiger partial charge is 0.274 e. The zero-order valence-electron chi connectivity index (χ0n) is 14.9. The first-order chi connectivity index (χ1) is 13.7. The average molecular weight is 430 g/mol. The quantitative estimate of drug-likeness (QED) is 0.518. The zero-order valence-corrected chi connectivity index (χ0v) is 16.5. The maximum Gasteiger partial charge on any atom is 0.238 e. The second-order valence-corrected chi connectivity index (χ2v) is 8.67. The lowest BCUT2D eigenvalue weighted by atomic mass is 9.55. The molecular formula is C24H16BrNO2. The lowest BCUT2D eigenvalue weighted by Gasteiger charge is -2.45. The number of hydrogen-bond donors (Lipinski definition) is 0. The molecule has 1 fully saturated rings. The highest BCUT2D eigenvalue weighted by Gasteiger charge is 2.61. The van der Waals surface area contributed by atoms with Crippen LogP contribution in [0.2, 0.25) is 0 Å². The number of rotatable bonds is 1. The number of halogens is 1. The second-order valence-electron chi connectivity index (χ2n) is 7.75. The van der Waals surface area contributed by atoms with E-state index in [1.165, 1.54) is 27.2 Å². The Bertz CT molecular complexity index is 1040. The summed E-state index contributed by atoms with van der Waals surface area (Å²) in [6, 6.07) is 24.0. The minimum absolute atomic E-state index is 0.0562. The van der Waals surface area contributed by atoms with Crippen molar-refractivity contribution in [1.29, 1.82) is 0 Å². The number of anilines is 1. The topological polar surface area (TPSA) is 37.4 Å². The van der Waals surface area contributed by atoms with Crippen molar-refractivity contribution in [3.05, 3.63) is 99.5 Å². The van der Waals surface area contributed by atoms with E-state index in [4.69, 9.17) is 0 Å². The van der Waals surface area contributed by atoms with Gasteiger partial charge in [-0.15, -0.1) is 0 Å². The van der Waals surface area contributed by atoms with E-state index in [-0.39, 0.29) is 35.5 Å². The molecular weight excluding hydrogens is 414 g/mol. The summed E-state index contributed by atoms with van der Waals surface area (Å²) >= 11 is 3.43. The molecule has 0 aromatic heterocycles. The molecule has 4 aliphatic rings. The Morgan fingerprint density at radius 1 is 0.607 bits per heavy atom. The molecule has 1 saturated heterocycles. The number of benzene rings is 3. The number of nitrogens with zero attached hydrogens (tertiary/aromatic N) is 1. The summed E-state index contributed by atoms with van der Waals surface area (Å²) in [5.74, 6) is -0.914. The normalized spacial score (nSPS) is 26.8. The molecule has 0 radical (unpaired) electrons. The molecule has 2 atom stereocenters. The van der Waals surface area contributed by atoms with Crippen LogP contribution >= 0.6 is 15.9 Å². The Morgan fingerprint density at radius 2 is 1.00 bits per heavy atom. The molecule has 136 valence electrons. The minimum Gasteiger partial charge on any atom is -0.274 e. The Hall–Kier alpha value is -2.72. The Morgan fingerprint density at radius 3 is 1.39 bits per heavy atom. The van der Waals surface area contributed by atoms with Crippen LogP contribution in [0.25, 0.3) is 0 Å². The lowest BCUT2D eigenvalue weighted by Crippen LogP contribution is -2.41. The summed E-state index contributed by atoms with van der Waals surface area (Å²) in [7, 11) is 0. The van der Waals surface area contributed by atoms with Crippen LogP contribution in [-0.2, 0) is 9.59 Å². The molecule has 0 unspecified atom stereocenters. The van der Waals surface area contributed by atoms with Gasteiger partial charge in [-0.3, -0.25) is 9.59 Å². The third-order valence-corrected chi connectivity index (χ3v) is 7.06. The van der Waals surface area contributed by atoms with Gasteiger partial charge in [0.2, 0.25) is 11.8 Å². The third kappa shape index (κ3) is 1.93. The smallest absolute Gasteiger partial charge is 0.238 e. The van der Waals surface area contributed by atoms with Crippen LogP contribution in [-0.4, -0.2) is 11.8 Å². The van der Waals surface area contributed by atoms with Gasteiger partial charge >= 0.3 is 0 Å². The van der Waals surface area contributed by atoms with Crippen molar-refractivity contribution >= 4 is 33.4 Å². The minimum atomic E-state index is -0.328. The molecule has 28 heavy (non-hydrogen) atoms. The summed E-state index contributed by atoms with van der Waals surface area (Å²) in [5, 5.41) is 0. The molecule has 1 aliphatic heterocycles. The van der Waals surface area contributed by atoms with Crippen molar-refractivity contribution in [2.45, 2.75) is 11.8 Å². The van der Waals surface area contributed by atoms with E-state index < -0.39 is 0 Å². The summed E-state index contributed by atoms with van der Waals surface area (Å²) in [6.07, 6.45) is 0. The Kier molecular flexibility index (Phi) is 3.28. The fourth-order valence-electron chi connectivity index (χ4n) is 5.52. The van der Waals surface area contributed by atoms with E-state index in [1.54, 1.807) is 0 Å². The summed E-state index contributed by atoms with van der Waals surface area (Å²) in [6.45, 7) is 0. The van der Waals surface area contributed by atoms with Crippen molar-refractivity contribution in [1.82, 2.24) is 0 Å². The van der Waals surface area contributed by atoms with E-state index >= 15 is 0 Å². The number of carbonyl (C=O) groups excluding carboxylic acids is 2. The standard InChI is InChI=1S/C24H16BrNO2/c25-13-9-11-14(12-10-13)26-23(27)21-19-15-5-1-2-6-16(15)20(22(21)24(26)28)18-8-4-3-7-17(18)19/h1-12,19-22H/t19?,20?,21-,22-/m0/s1. The number of hydrogen-bond acceptors (Lipinski definition) is 2. The van der Waals surface area contributed by atoms with Crippen LogP contribution in [0.1, 0.15) is 34.1 Å². The molecule has 3 aliphatic carbocycles. The van der Waals surface area contributed by atoms with Crippen molar-refractivity contribution in [2.75, 3.05) is 4.90 Å². The molecule has 3 aromatic carbocycles. The number of carbonyl (C=O) groups is 2. The highest BCUT2D eigenvalue weighted by atomic mass is 79.9. The molecule has 2 bridgehead atoms. The lowest BCUT2D eigenvalue weighted by molar-refractivity contribution is -0.122. The highest BCUT2D eigenvalue weighted by molar-refractivity contribution is 9.10. The summed E-state index contributed by atoms with van der Waals surface area (Å²) in [4.78, 5) is 28.5. The first-order valence-electron chi connectivity index (χ1n) is 9.48. The fourth-order valence-corrected chi connectivity index (χ4v) is 5.79. The third-order valence-electron chi connectivity index (χ3n) is 6.53. The van der Waals surface area contributed by atoms with Crippen molar-refractivity contribution in [2.24, 2.45) is 11.8 Å². The molecule has 3 aromatic rings. The van der Waals surface area contributed by atoms with Gasteiger partial charge in [0.1, 0.15) is 0 Å². The first kappa shape index (κ1) is 16.3. The monoisotopic (exact) mass is 429 g/mol. The van der Waals surface area contributed by atoms with Crippen LogP contribution in [0.4, 0.5) is 5.69 Å². The van der Waals surface area contributed by atoms with Crippen LogP contribution in [0.3, 0.4) is 0 Å². The number of amides is 2. The molecule has 4 heteroatoms. The van der Waals surface area contributed by atoms with Gasteiger partial charge in [0.15, 0.2) is 0 Å². The van der Waals surface area contributed by atoms with E-state index in [0.717, 1.165) is 4.47 Å². The maximum atomic E-state index is 13.5. The first-order valence-corrected chi connectivity index (χ1v) is 10.3. The van der Waals surface area contributed by atoms with Crippen molar-refractivity contribution in [3.63, 3.8) is 0 Å². The Balaban J connectivity index is 1.57. The van der Waals surface area contributed by atoms with E-state index in [1.807, 2.05) is 48.5 Å². The van der Waals surface area contributed by atoms with E-state index in [0.29, 0.717) is 5.69 Å². The van der Waals surface area contributed by atoms with Crippen LogP contribution in [0, 0.1) is 11.8 Å². The van der Waals surface area contributed by atoms with Crippen LogP contribution < -0.4 is 4.90 Å². The van der Waals surface area contributed by atoms with Crippen LogP contribution in [0.15, 0.2) is 77.3 Å². The van der Waals surface area contributed by atoms with E-state index in [9.17, 15) is 9.59 Å². The van der Waals surface area contributed by atoms with Gasteiger partial charge in [-0.25, -0.2) is 4.90 Å². The highest BCUT2D eigenvalue weighted by Crippen LogP contribution is 2.61. The molecule has 0 spiro atoms. The zero-order chi connectivity index (χ0) is 19.0. The molecule has 3 nitrogen and oxygen atoms in total. The average Bonchev–Trinajstić information content (AvgIpc) is 3.00. The van der Waals surface area contributed by atoms with Gasteiger partial charge in [-0.1, -0.05) is 64.5 Å². The fraction of sp³-hybridized carbons (Fsp3) is 0.167. The summed E-state index contributed by atoms with van der Waals surface area (Å²) in [5.41, 5.74) is 5.45. The molecule has 0 saturated carbocycles. The van der Waals surface area contributed by atoms with Gasteiger partial charge in [0.05, 0.1) is 17.5 Å². The SMILES string of the molecule is O=C1[C@H]2C3c4ccccc4C(c4ccccc43)[C@@H]2C(=O)N1c1ccc(Br)cc1. The van der Waals surface area contributed by atoms with Gasteiger partial charge in [-0.05, 0) is 46.5 Å². The van der Waals surface area contributed by atoms with Gasteiger partial charge in [-0.2, -0.15) is 0 Å². The molecule has 0 N–H and O–H groups in total. The number of imide groups is 1.